The van der Waals surface area contributed by atoms with Crippen LogP contribution in [0.25, 0.3) is 0 Å². The topological polar surface area (TPSA) is 21.1 Å². The molecule has 1 aromatic rings. The quantitative estimate of drug-likeness (QED) is 0.709. The average Bonchev–Trinajstić information content (AvgIpc) is 2.77. The fourth-order valence-electron chi connectivity index (χ4n) is 1.88. The first kappa shape index (κ1) is 9.99. The van der Waals surface area contributed by atoms with Gasteiger partial charge in [-0.05, 0) is 25.9 Å². The summed E-state index contributed by atoms with van der Waals surface area (Å²) in [7, 11) is 0. The highest BCUT2D eigenvalue weighted by Gasteiger charge is 2.19. The highest BCUT2D eigenvalue weighted by Crippen LogP contribution is 2.14. The summed E-state index contributed by atoms with van der Waals surface area (Å²) in [6.07, 6.45) is 8.03. The summed E-state index contributed by atoms with van der Waals surface area (Å²) in [5.74, 6) is 0. The standard InChI is InChI=1S/C10H16ClN3/c11-10-2-6-13(8-10)4-1-5-14-7-3-12-9-14/h3,7,9-10H,1-2,4-6,8H2. The zero-order chi connectivity index (χ0) is 9.80. The van der Waals surface area contributed by atoms with Crippen LogP contribution in [0.3, 0.4) is 0 Å². The van der Waals surface area contributed by atoms with Gasteiger partial charge in [-0.25, -0.2) is 4.98 Å². The van der Waals surface area contributed by atoms with Gasteiger partial charge in [-0.3, -0.25) is 0 Å². The van der Waals surface area contributed by atoms with Crippen molar-refractivity contribution >= 4 is 11.6 Å². The maximum atomic E-state index is 6.03. The minimum absolute atomic E-state index is 0.378. The fraction of sp³-hybridized carbons (Fsp3) is 0.700. The summed E-state index contributed by atoms with van der Waals surface area (Å²) in [4.78, 5) is 6.45. The predicted octanol–water partition coefficient (Wildman–Crippen LogP) is 1.59. The highest BCUT2D eigenvalue weighted by atomic mass is 35.5. The molecule has 1 atom stereocenters. The van der Waals surface area contributed by atoms with E-state index in [0.29, 0.717) is 5.38 Å². The first-order chi connectivity index (χ1) is 6.84. The fourth-order valence-corrected chi connectivity index (χ4v) is 2.18. The summed E-state index contributed by atoms with van der Waals surface area (Å²) in [6.45, 7) is 4.44. The number of aromatic nitrogens is 2. The number of imidazole rings is 1. The lowest BCUT2D eigenvalue weighted by atomic mass is 10.4. The Labute approximate surface area is 89.7 Å². The summed E-state index contributed by atoms with van der Waals surface area (Å²) in [5, 5.41) is 0.378. The Bertz CT molecular complexity index is 260. The van der Waals surface area contributed by atoms with Gasteiger partial charge < -0.3 is 9.47 Å². The van der Waals surface area contributed by atoms with Crippen LogP contribution in [-0.2, 0) is 6.54 Å². The monoisotopic (exact) mass is 213 g/mol. The van der Waals surface area contributed by atoms with Crippen molar-refractivity contribution < 1.29 is 0 Å². The molecule has 0 saturated carbocycles. The van der Waals surface area contributed by atoms with Crippen LogP contribution in [0, 0.1) is 0 Å². The molecule has 3 nitrogen and oxygen atoms in total. The number of likely N-dealkylation sites (tertiary alicyclic amines) is 1. The zero-order valence-corrected chi connectivity index (χ0v) is 9.03. The van der Waals surface area contributed by atoms with Crippen LogP contribution in [-0.4, -0.2) is 39.5 Å². The Morgan fingerprint density at radius 3 is 3.00 bits per heavy atom. The molecule has 1 saturated heterocycles. The largest absolute Gasteiger partial charge is 0.337 e. The van der Waals surface area contributed by atoms with Crippen LogP contribution in [0.2, 0.25) is 0 Å². The summed E-state index contributed by atoms with van der Waals surface area (Å²) < 4.78 is 2.12. The molecule has 0 bridgehead atoms. The number of hydrogen-bond donors (Lipinski definition) is 0. The Hall–Kier alpha value is -0.540. The van der Waals surface area contributed by atoms with E-state index in [-0.39, 0.29) is 0 Å². The van der Waals surface area contributed by atoms with Crippen molar-refractivity contribution in [3.8, 4) is 0 Å². The number of rotatable bonds is 4. The molecule has 0 N–H and O–H groups in total. The van der Waals surface area contributed by atoms with Crippen molar-refractivity contribution in [2.45, 2.75) is 24.8 Å². The van der Waals surface area contributed by atoms with E-state index in [1.54, 1.807) is 0 Å². The summed E-state index contributed by atoms with van der Waals surface area (Å²) in [5.41, 5.74) is 0. The third-order valence-corrected chi connectivity index (χ3v) is 3.02. The van der Waals surface area contributed by atoms with Crippen molar-refractivity contribution in [2.75, 3.05) is 19.6 Å². The predicted molar refractivity (Wildman–Crippen MR) is 57.5 cm³/mol. The van der Waals surface area contributed by atoms with E-state index >= 15 is 0 Å². The molecule has 1 aromatic heterocycles. The van der Waals surface area contributed by atoms with Crippen LogP contribution in [0.4, 0.5) is 0 Å². The number of aryl methyl sites for hydroxylation is 1. The van der Waals surface area contributed by atoms with Crippen LogP contribution in [0.1, 0.15) is 12.8 Å². The van der Waals surface area contributed by atoms with Crippen molar-refractivity contribution in [2.24, 2.45) is 0 Å². The minimum atomic E-state index is 0.378. The first-order valence-corrected chi connectivity index (χ1v) is 5.60. The maximum Gasteiger partial charge on any atom is 0.0945 e. The molecule has 2 heterocycles. The van der Waals surface area contributed by atoms with Crippen molar-refractivity contribution in [1.29, 1.82) is 0 Å². The van der Waals surface area contributed by atoms with E-state index in [2.05, 4.69) is 14.5 Å². The summed E-state index contributed by atoms with van der Waals surface area (Å²) >= 11 is 6.03. The second-order valence-electron chi connectivity index (χ2n) is 3.84. The minimum Gasteiger partial charge on any atom is -0.337 e. The van der Waals surface area contributed by atoms with Gasteiger partial charge >= 0.3 is 0 Å². The average molecular weight is 214 g/mol. The van der Waals surface area contributed by atoms with Crippen LogP contribution in [0.5, 0.6) is 0 Å². The van der Waals surface area contributed by atoms with Gasteiger partial charge in [0.25, 0.3) is 0 Å². The maximum absolute atomic E-state index is 6.03. The SMILES string of the molecule is ClC1CCN(CCCn2ccnc2)C1. The van der Waals surface area contributed by atoms with Crippen molar-refractivity contribution in [3.05, 3.63) is 18.7 Å². The Morgan fingerprint density at radius 1 is 1.43 bits per heavy atom. The van der Waals surface area contributed by atoms with Gasteiger partial charge in [0, 0.05) is 30.9 Å². The molecule has 0 radical (unpaired) electrons. The number of nitrogens with zero attached hydrogens (tertiary/aromatic N) is 3. The number of alkyl halides is 1. The molecule has 1 fully saturated rings. The van der Waals surface area contributed by atoms with Gasteiger partial charge in [0.15, 0.2) is 0 Å². The van der Waals surface area contributed by atoms with Gasteiger partial charge in [-0.2, -0.15) is 0 Å². The lowest BCUT2D eigenvalue weighted by molar-refractivity contribution is 0.326. The first-order valence-electron chi connectivity index (χ1n) is 5.17. The molecule has 14 heavy (non-hydrogen) atoms. The molecule has 2 rings (SSSR count). The number of halogens is 1. The molecule has 1 aliphatic heterocycles. The smallest absolute Gasteiger partial charge is 0.0945 e. The van der Waals surface area contributed by atoms with Gasteiger partial charge in [-0.15, -0.1) is 11.6 Å². The molecular formula is C10H16ClN3. The third kappa shape index (κ3) is 2.72. The van der Waals surface area contributed by atoms with E-state index in [9.17, 15) is 0 Å². The van der Waals surface area contributed by atoms with Gasteiger partial charge in [0.05, 0.1) is 6.33 Å². The van der Waals surface area contributed by atoms with Crippen LogP contribution < -0.4 is 0 Å². The highest BCUT2D eigenvalue weighted by molar-refractivity contribution is 6.20. The Balaban J connectivity index is 1.64. The molecular weight excluding hydrogens is 198 g/mol. The Kier molecular flexibility index (Phi) is 3.43. The van der Waals surface area contributed by atoms with Crippen molar-refractivity contribution in [1.82, 2.24) is 14.5 Å². The van der Waals surface area contributed by atoms with Gasteiger partial charge in [0.1, 0.15) is 0 Å². The van der Waals surface area contributed by atoms with Crippen LogP contribution in [0.15, 0.2) is 18.7 Å². The zero-order valence-electron chi connectivity index (χ0n) is 8.27. The van der Waals surface area contributed by atoms with Crippen LogP contribution >= 0.6 is 11.6 Å². The normalized spacial score (nSPS) is 23.1. The summed E-state index contributed by atoms with van der Waals surface area (Å²) in [6, 6.07) is 0. The lowest BCUT2D eigenvalue weighted by Gasteiger charge is -2.14. The second kappa shape index (κ2) is 4.80. The van der Waals surface area contributed by atoms with E-state index in [4.69, 9.17) is 11.6 Å². The molecule has 0 aliphatic carbocycles. The molecule has 0 aromatic carbocycles. The second-order valence-corrected chi connectivity index (χ2v) is 4.46. The van der Waals surface area contributed by atoms with E-state index < -0.39 is 0 Å². The van der Waals surface area contributed by atoms with E-state index in [1.165, 1.54) is 6.42 Å². The van der Waals surface area contributed by atoms with E-state index in [1.807, 2.05) is 18.7 Å². The Morgan fingerprint density at radius 2 is 2.36 bits per heavy atom. The van der Waals surface area contributed by atoms with Gasteiger partial charge in [0.2, 0.25) is 0 Å². The van der Waals surface area contributed by atoms with Crippen molar-refractivity contribution in [3.63, 3.8) is 0 Å². The molecule has 0 amide bonds. The molecule has 1 aliphatic rings. The van der Waals surface area contributed by atoms with Gasteiger partial charge in [-0.1, -0.05) is 0 Å². The van der Waals surface area contributed by atoms with E-state index in [0.717, 1.165) is 32.6 Å². The number of hydrogen-bond acceptors (Lipinski definition) is 2. The molecule has 78 valence electrons. The lowest BCUT2D eigenvalue weighted by Crippen LogP contribution is -2.22. The third-order valence-electron chi connectivity index (χ3n) is 2.66. The molecule has 0 spiro atoms. The molecule has 4 heteroatoms. The molecule has 1 unspecified atom stereocenters.